The van der Waals surface area contributed by atoms with Gasteiger partial charge in [0.25, 0.3) is 0 Å². The average Bonchev–Trinajstić information content (AvgIpc) is 2.72. The van der Waals surface area contributed by atoms with E-state index >= 15 is 0 Å². The van der Waals surface area contributed by atoms with Crippen LogP contribution in [0.3, 0.4) is 0 Å². The third kappa shape index (κ3) is 11.7. The van der Waals surface area contributed by atoms with Gasteiger partial charge in [0.2, 0.25) is 0 Å². The molecule has 0 atom stereocenters. The molecule has 0 heterocycles. The highest BCUT2D eigenvalue weighted by molar-refractivity contribution is 5.86. The molecule has 9 heteroatoms. The SMILES string of the molecule is C=C(C)C(=O)OCCCCC.OCC(CO)(CO)COCC(CO)(CO)CO. The highest BCUT2D eigenvalue weighted by Gasteiger charge is 2.32. The topological polar surface area (TPSA) is 157 Å². The van der Waals surface area contributed by atoms with E-state index in [1.807, 2.05) is 0 Å². The number of unbranched alkanes of at least 4 members (excludes halogenated alkanes) is 2. The van der Waals surface area contributed by atoms with Crippen molar-refractivity contribution in [2.45, 2.75) is 33.1 Å². The zero-order chi connectivity index (χ0) is 22.1. The molecule has 0 aliphatic rings. The lowest BCUT2D eigenvalue weighted by Crippen LogP contribution is -2.43. The van der Waals surface area contributed by atoms with E-state index in [4.69, 9.17) is 40.1 Å². The summed E-state index contributed by atoms with van der Waals surface area (Å²) in [5, 5.41) is 54.2. The van der Waals surface area contributed by atoms with Gasteiger partial charge in [0.1, 0.15) is 0 Å². The van der Waals surface area contributed by atoms with E-state index in [0.717, 1.165) is 19.3 Å². The number of aliphatic hydroxyl groups excluding tert-OH is 6. The summed E-state index contributed by atoms with van der Waals surface area (Å²) in [6.45, 7) is 4.77. The first-order valence-electron chi connectivity index (χ1n) is 9.31. The van der Waals surface area contributed by atoms with Crippen LogP contribution in [0.1, 0.15) is 33.1 Å². The lowest BCUT2D eigenvalue weighted by Gasteiger charge is -2.31. The second kappa shape index (κ2) is 16.8. The fourth-order valence-corrected chi connectivity index (χ4v) is 1.70. The number of ether oxygens (including phenoxy) is 2. The van der Waals surface area contributed by atoms with Crippen LogP contribution in [-0.2, 0) is 14.3 Å². The summed E-state index contributed by atoms with van der Waals surface area (Å²) in [5.41, 5.74) is -1.85. The number of hydrogen-bond acceptors (Lipinski definition) is 9. The van der Waals surface area contributed by atoms with Crippen LogP contribution in [0.25, 0.3) is 0 Å². The van der Waals surface area contributed by atoms with E-state index in [9.17, 15) is 4.79 Å². The van der Waals surface area contributed by atoms with Crippen LogP contribution >= 0.6 is 0 Å². The number of esters is 1. The maximum Gasteiger partial charge on any atom is 0.333 e. The smallest absolute Gasteiger partial charge is 0.333 e. The Labute approximate surface area is 167 Å². The van der Waals surface area contributed by atoms with Crippen LogP contribution in [0.4, 0.5) is 0 Å². The third-order valence-electron chi connectivity index (χ3n) is 4.16. The minimum absolute atomic E-state index is 0.141. The first-order valence-corrected chi connectivity index (χ1v) is 9.31. The summed E-state index contributed by atoms with van der Waals surface area (Å²) in [4.78, 5) is 10.8. The van der Waals surface area contributed by atoms with Crippen molar-refractivity contribution in [3.8, 4) is 0 Å². The predicted octanol–water partition coefficient (Wildman–Crippen LogP) is -0.774. The Morgan fingerprint density at radius 3 is 1.50 bits per heavy atom. The number of rotatable bonds is 15. The van der Waals surface area contributed by atoms with Gasteiger partial charge in [-0.1, -0.05) is 26.3 Å². The van der Waals surface area contributed by atoms with E-state index in [2.05, 4.69) is 13.5 Å². The van der Waals surface area contributed by atoms with Gasteiger partial charge in [-0.3, -0.25) is 0 Å². The van der Waals surface area contributed by atoms with Crippen molar-refractivity contribution >= 4 is 5.97 Å². The highest BCUT2D eigenvalue weighted by atomic mass is 16.5. The fraction of sp³-hybridized carbons (Fsp3) is 0.842. The second-order valence-corrected chi connectivity index (χ2v) is 7.06. The van der Waals surface area contributed by atoms with Gasteiger partial charge in [-0.15, -0.1) is 0 Å². The van der Waals surface area contributed by atoms with Crippen LogP contribution in [0.2, 0.25) is 0 Å². The van der Waals surface area contributed by atoms with Gasteiger partial charge in [0.05, 0.1) is 70.3 Å². The Bertz CT molecular complexity index is 368. The van der Waals surface area contributed by atoms with Crippen LogP contribution < -0.4 is 0 Å². The van der Waals surface area contributed by atoms with Crippen LogP contribution in [0, 0.1) is 10.8 Å². The summed E-state index contributed by atoms with van der Waals surface area (Å²) in [7, 11) is 0. The molecule has 0 spiro atoms. The number of carbonyl (C=O) groups is 1. The molecule has 168 valence electrons. The molecule has 0 radical (unpaired) electrons. The fourth-order valence-electron chi connectivity index (χ4n) is 1.70. The molecule has 0 aromatic heterocycles. The summed E-state index contributed by atoms with van der Waals surface area (Å²) in [6.07, 6.45) is 3.21. The molecule has 6 N–H and O–H groups in total. The van der Waals surface area contributed by atoms with Gasteiger partial charge in [-0.05, 0) is 13.3 Å². The maximum absolute atomic E-state index is 10.8. The van der Waals surface area contributed by atoms with Gasteiger partial charge in [-0.2, -0.15) is 0 Å². The van der Waals surface area contributed by atoms with Crippen molar-refractivity contribution in [1.29, 1.82) is 0 Å². The molecule has 0 aliphatic heterocycles. The summed E-state index contributed by atoms with van der Waals surface area (Å²) < 4.78 is 10.0. The van der Waals surface area contributed by atoms with E-state index in [0.29, 0.717) is 12.2 Å². The molecule has 0 amide bonds. The number of aliphatic hydroxyl groups is 6. The minimum atomic E-state index is -1.16. The van der Waals surface area contributed by atoms with Gasteiger partial charge < -0.3 is 40.1 Å². The standard InChI is InChI=1S/C10H22O7.C9H16O2/c11-1-9(2-12,3-13)7-17-8-10(4-14,5-15)6-16;1-4-5-6-7-11-9(10)8(2)3/h11-16H,1-8H2;2,4-7H2,1,3H3. The van der Waals surface area contributed by atoms with Crippen LogP contribution in [-0.4, -0.2) is 96.1 Å². The molecule has 9 nitrogen and oxygen atoms in total. The van der Waals surface area contributed by atoms with Crippen LogP contribution in [0.15, 0.2) is 12.2 Å². The van der Waals surface area contributed by atoms with Crippen LogP contribution in [0.5, 0.6) is 0 Å². The molecule has 0 fully saturated rings. The zero-order valence-corrected chi connectivity index (χ0v) is 17.1. The molecule has 0 aromatic carbocycles. The molecule has 0 saturated heterocycles. The molecular formula is C19H38O9. The summed E-state index contributed by atoms with van der Waals surface area (Å²) >= 11 is 0. The van der Waals surface area contributed by atoms with E-state index in [1.54, 1.807) is 6.92 Å². The van der Waals surface area contributed by atoms with Crippen molar-refractivity contribution in [2.24, 2.45) is 10.8 Å². The van der Waals surface area contributed by atoms with Crippen molar-refractivity contribution in [2.75, 3.05) is 59.5 Å². The Hall–Kier alpha value is -1.07. The maximum atomic E-state index is 10.8. The van der Waals surface area contributed by atoms with Gasteiger partial charge in [0.15, 0.2) is 0 Å². The first-order chi connectivity index (χ1) is 13.3. The molecule has 28 heavy (non-hydrogen) atoms. The van der Waals surface area contributed by atoms with Crippen molar-refractivity contribution in [3.05, 3.63) is 12.2 Å². The summed E-state index contributed by atoms with van der Waals surface area (Å²) in [6, 6.07) is 0. The largest absolute Gasteiger partial charge is 0.462 e. The summed E-state index contributed by atoms with van der Waals surface area (Å²) in [5.74, 6) is -0.277. The molecule has 0 unspecified atom stereocenters. The van der Waals surface area contributed by atoms with E-state index < -0.39 is 50.5 Å². The minimum Gasteiger partial charge on any atom is -0.462 e. The molecule has 0 aromatic rings. The monoisotopic (exact) mass is 410 g/mol. The van der Waals surface area contributed by atoms with E-state index in [-0.39, 0.29) is 19.2 Å². The lowest BCUT2D eigenvalue weighted by molar-refractivity contribution is -0.139. The van der Waals surface area contributed by atoms with Gasteiger partial charge in [-0.25, -0.2) is 4.79 Å². The Morgan fingerprint density at radius 2 is 1.21 bits per heavy atom. The Morgan fingerprint density at radius 1 is 0.821 bits per heavy atom. The molecular weight excluding hydrogens is 372 g/mol. The molecule has 0 bridgehead atoms. The second-order valence-electron chi connectivity index (χ2n) is 7.06. The zero-order valence-electron chi connectivity index (χ0n) is 17.1. The number of carbonyl (C=O) groups excluding carboxylic acids is 1. The van der Waals surface area contributed by atoms with Crippen molar-refractivity contribution < 1.29 is 44.9 Å². The predicted molar refractivity (Wildman–Crippen MR) is 103 cm³/mol. The van der Waals surface area contributed by atoms with Crippen molar-refractivity contribution in [3.63, 3.8) is 0 Å². The Kier molecular flexibility index (Phi) is 17.5. The van der Waals surface area contributed by atoms with Gasteiger partial charge in [0, 0.05) is 5.57 Å². The molecule has 0 aliphatic carbocycles. The average molecular weight is 411 g/mol. The number of hydrogen-bond donors (Lipinski definition) is 6. The highest BCUT2D eigenvalue weighted by Crippen LogP contribution is 2.19. The van der Waals surface area contributed by atoms with E-state index in [1.165, 1.54) is 0 Å². The lowest BCUT2D eigenvalue weighted by atomic mass is 9.91. The normalized spacial score (nSPS) is 11.6. The first kappa shape index (κ1) is 29.1. The van der Waals surface area contributed by atoms with Crippen molar-refractivity contribution in [1.82, 2.24) is 0 Å². The third-order valence-corrected chi connectivity index (χ3v) is 4.16. The van der Waals surface area contributed by atoms with Gasteiger partial charge >= 0.3 is 5.97 Å². The molecule has 0 rings (SSSR count). The quantitative estimate of drug-likeness (QED) is 0.116. The molecule has 0 saturated carbocycles. The Balaban J connectivity index is 0.